The molecule has 0 saturated carbocycles. The van der Waals surface area contributed by atoms with Crippen LogP contribution in [0, 0.1) is 0 Å². The van der Waals surface area contributed by atoms with E-state index in [0.29, 0.717) is 66.8 Å². The molecule has 6 aliphatic rings. The molecule has 3 atom stereocenters. The highest BCUT2D eigenvalue weighted by Crippen LogP contribution is 2.53. The Morgan fingerprint density at radius 3 is 0.953 bits per heavy atom. The number of hydrogen-bond donors (Lipinski definition) is 0. The van der Waals surface area contributed by atoms with E-state index in [4.69, 9.17) is 49.0 Å². The number of alkyl halides is 3. The summed E-state index contributed by atoms with van der Waals surface area (Å²) in [5.74, 6) is -0.786. The fourth-order valence-corrected chi connectivity index (χ4v) is 7.24. The highest BCUT2D eigenvalue weighted by molar-refractivity contribution is 6.28. The van der Waals surface area contributed by atoms with Gasteiger partial charge in [0.2, 0.25) is 17.7 Å². The molecular formula is C31H16Cl3N3O6. The lowest BCUT2D eigenvalue weighted by atomic mass is 9.61. The number of nitrogens with zero attached hydrogens (tertiary/aromatic N) is 3. The lowest BCUT2D eigenvalue weighted by molar-refractivity contribution is 0.102. The number of benzene rings is 3. The first-order valence-corrected chi connectivity index (χ1v) is 14.8. The van der Waals surface area contributed by atoms with Crippen molar-refractivity contribution in [1.29, 1.82) is 0 Å². The third-order valence-electron chi connectivity index (χ3n) is 8.46. The molecule has 3 heterocycles. The second-order valence-electron chi connectivity index (χ2n) is 10.9. The van der Waals surface area contributed by atoms with Gasteiger partial charge >= 0.3 is 0 Å². The van der Waals surface area contributed by atoms with Crippen LogP contribution in [0.5, 0.6) is 0 Å². The van der Waals surface area contributed by atoms with Crippen LogP contribution in [-0.4, -0.2) is 71.4 Å². The Bertz CT molecular complexity index is 1710. The average molecular weight is 633 g/mol. The standard InChI is InChI=1S/C31H16Cl3N3O6/c32-19-7-41-29(35-19)10-1-13-22-14(2-10)27(39)17-5-12(31-37-21(34)9-43-31)6-18-24(17)25(22)23-15(26(13)38)3-11(4-16(23)28(18)40)30-36-20(33)8-42-30/h1-6,19-21,25H,7-9H2. The van der Waals surface area contributed by atoms with Gasteiger partial charge in [-0.05, 0) is 53.1 Å². The molecule has 43 heavy (non-hydrogen) atoms. The van der Waals surface area contributed by atoms with Crippen LogP contribution in [0.25, 0.3) is 0 Å². The van der Waals surface area contributed by atoms with Crippen molar-refractivity contribution < 1.29 is 28.6 Å². The molecule has 9 nitrogen and oxygen atoms in total. The molecule has 0 amide bonds. The maximum absolute atomic E-state index is 14.3. The van der Waals surface area contributed by atoms with Crippen LogP contribution in [0.1, 0.15) is 87.1 Å². The van der Waals surface area contributed by atoms with Crippen LogP contribution in [0.15, 0.2) is 51.4 Å². The van der Waals surface area contributed by atoms with Gasteiger partial charge in [-0.2, -0.15) is 0 Å². The molecule has 0 aromatic heterocycles. The molecule has 0 saturated heterocycles. The number of halogens is 3. The predicted octanol–water partition coefficient (Wildman–Crippen LogP) is 4.53. The van der Waals surface area contributed by atoms with Gasteiger partial charge in [0.05, 0.1) is 0 Å². The number of aliphatic imine (C=N–C) groups is 3. The van der Waals surface area contributed by atoms with Crippen LogP contribution >= 0.6 is 34.8 Å². The highest BCUT2D eigenvalue weighted by atomic mass is 35.5. The summed E-state index contributed by atoms with van der Waals surface area (Å²) in [5.41, 5.74) is 3.32. The number of ketones is 3. The topological polar surface area (TPSA) is 116 Å². The second-order valence-corrected chi connectivity index (χ2v) is 12.4. The smallest absolute Gasteiger partial charge is 0.217 e. The third-order valence-corrected chi connectivity index (χ3v) is 9.13. The SMILES string of the molecule is O=C1c2cc(C3=NC(Cl)CO3)cc3c2C2c4c1cc(C1=NC(Cl)CO1)cc4C(=O)c1cc(C4=NC(Cl)CO4)cc(c12)C3=O. The molecule has 3 aliphatic heterocycles. The molecule has 0 bridgehead atoms. The molecule has 0 N–H and O–H groups in total. The van der Waals surface area contributed by atoms with Crippen molar-refractivity contribution in [3.05, 3.63) is 103 Å². The third kappa shape index (κ3) is 3.47. The summed E-state index contributed by atoms with van der Waals surface area (Å²) in [5, 5.41) is 0. The largest absolute Gasteiger partial charge is 0.474 e. The predicted molar refractivity (Wildman–Crippen MR) is 157 cm³/mol. The summed E-state index contributed by atoms with van der Waals surface area (Å²) in [7, 11) is 0. The van der Waals surface area contributed by atoms with Crippen molar-refractivity contribution in [3.8, 4) is 0 Å². The zero-order chi connectivity index (χ0) is 29.3. The molecule has 3 aliphatic carbocycles. The van der Waals surface area contributed by atoms with Crippen LogP contribution < -0.4 is 0 Å². The first-order valence-electron chi connectivity index (χ1n) is 13.5. The van der Waals surface area contributed by atoms with Gasteiger partial charge in [-0.25, -0.2) is 15.0 Å². The average Bonchev–Trinajstić information content (AvgIpc) is 3.76. The minimum Gasteiger partial charge on any atom is -0.474 e. The molecular weight excluding hydrogens is 617 g/mol. The second kappa shape index (κ2) is 8.75. The maximum Gasteiger partial charge on any atom is 0.217 e. The first kappa shape index (κ1) is 25.4. The van der Waals surface area contributed by atoms with E-state index in [0.717, 1.165) is 0 Å². The maximum atomic E-state index is 14.3. The fourth-order valence-electron chi connectivity index (χ4n) is 6.78. The minimum atomic E-state index is -0.578. The first-order chi connectivity index (χ1) is 20.8. The Kier molecular flexibility index (Phi) is 5.18. The number of carbonyl (C=O) groups is 3. The Morgan fingerprint density at radius 1 is 0.488 bits per heavy atom. The van der Waals surface area contributed by atoms with Crippen LogP contribution in [-0.2, 0) is 14.2 Å². The molecule has 212 valence electrons. The van der Waals surface area contributed by atoms with Crippen molar-refractivity contribution in [2.45, 2.75) is 22.4 Å². The van der Waals surface area contributed by atoms with E-state index in [9.17, 15) is 14.4 Å². The number of ether oxygens (including phenoxy) is 3. The van der Waals surface area contributed by atoms with E-state index in [1.165, 1.54) is 0 Å². The summed E-state index contributed by atoms with van der Waals surface area (Å²) in [4.78, 5) is 55.9. The van der Waals surface area contributed by atoms with E-state index < -0.39 is 22.4 Å². The fraction of sp³-hybridized carbons (Fsp3) is 0.226. The summed E-state index contributed by atoms with van der Waals surface area (Å²) in [6.07, 6.45) is 0. The lowest BCUT2D eigenvalue weighted by Crippen LogP contribution is -2.35. The van der Waals surface area contributed by atoms with Gasteiger partial charge in [0.15, 0.2) is 33.9 Å². The molecule has 0 radical (unpaired) electrons. The van der Waals surface area contributed by atoms with E-state index in [1.54, 1.807) is 36.4 Å². The Balaban J connectivity index is 1.36. The van der Waals surface area contributed by atoms with Gasteiger partial charge < -0.3 is 14.2 Å². The summed E-state index contributed by atoms with van der Waals surface area (Å²) < 4.78 is 17.1. The zero-order valence-corrected chi connectivity index (χ0v) is 24.1. The number of carbonyl (C=O) groups excluding carboxylic acids is 3. The van der Waals surface area contributed by atoms with E-state index in [1.807, 2.05) is 0 Å². The van der Waals surface area contributed by atoms with E-state index in [-0.39, 0.29) is 54.9 Å². The van der Waals surface area contributed by atoms with Crippen LogP contribution in [0.4, 0.5) is 0 Å². The van der Waals surface area contributed by atoms with Gasteiger partial charge in [-0.1, -0.05) is 34.8 Å². The van der Waals surface area contributed by atoms with Crippen molar-refractivity contribution in [2.24, 2.45) is 15.0 Å². The molecule has 0 fully saturated rings. The molecule has 3 unspecified atom stereocenters. The van der Waals surface area contributed by atoms with E-state index in [2.05, 4.69) is 15.0 Å². The Labute approximate surface area is 258 Å². The van der Waals surface area contributed by atoms with Crippen LogP contribution in [0.3, 0.4) is 0 Å². The molecule has 0 spiro atoms. The number of hydrogen-bond acceptors (Lipinski definition) is 9. The highest BCUT2D eigenvalue weighted by Gasteiger charge is 2.48. The minimum absolute atomic E-state index is 0.175. The van der Waals surface area contributed by atoms with Crippen molar-refractivity contribution >= 4 is 69.8 Å². The normalized spacial score (nSPS) is 25.5. The van der Waals surface area contributed by atoms with Gasteiger partial charge in [-0.3, -0.25) is 14.4 Å². The monoisotopic (exact) mass is 631 g/mol. The van der Waals surface area contributed by atoms with Crippen molar-refractivity contribution in [3.63, 3.8) is 0 Å². The van der Waals surface area contributed by atoms with E-state index >= 15 is 0 Å². The quantitative estimate of drug-likeness (QED) is 0.209. The number of rotatable bonds is 3. The van der Waals surface area contributed by atoms with Gasteiger partial charge in [-0.15, -0.1) is 0 Å². The van der Waals surface area contributed by atoms with Crippen molar-refractivity contribution in [2.75, 3.05) is 19.8 Å². The van der Waals surface area contributed by atoms with Crippen LogP contribution in [0.2, 0.25) is 0 Å². The lowest BCUT2D eigenvalue weighted by Gasteiger charge is -2.39. The van der Waals surface area contributed by atoms with Crippen molar-refractivity contribution in [1.82, 2.24) is 0 Å². The summed E-state index contributed by atoms with van der Waals surface area (Å²) in [6.45, 7) is 0.525. The summed E-state index contributed by atoms with van der Waals surface area (Å²) >= 11 is 18.5. The van der Waals surface area contributed by atoms with Gasteiger partial charge in [0.25, 0.3) is 0 Å². The Hall–Kier alpha value is -4.05. The Morgan fingerprint density at radius 2 is 0.744 bits per heavy atom. The molecule has 12 heteroatoms. The molecule has 3 aromatic rings. The zero-order valence-electron chi connectivity index (χ0n) is 21.8. The molecule has 9 rings (SSSR count). The molecule has 3 aromatic carbocycles. The van der Waals surface area contributed by atoms with Gasteiger partial charge in [0, 0.05) is 56.0 Å². The summed E-state index contributed by atoms with van der Waals surface area (Å²) in [6, 6.07) is 10.1. The van der Waals surface area contributed by atoms with Gasteiger partial charge in [0.1, 0.15) is 19.8 Å².